The molecule has 21 heavy (non-hydrogen) atoms. The van der Waals surface area contributed by atoms with E-state index in [2.05, 4.69) is 21.4 Å². The van der Waals surface area contributed by atoms with Crippen LogP contribution < -0.4 is 5.32 Å². The highest BCUT2D eigenvalue weighted by atomic mass is 35.5. The molecule has 0 aliphatic carbocycles. The largest absolute Gasteiger partial charge is 0.467 e. The summed E-state index contributed by atoms with van der Waals surface area (Å²) in [5.41, 5.74) is 0.631. The molecule has 0 saturated heterocycles. The van der Waals surface area contributed by atoms with Gasteiger partial charge in [-0.1, -0.05) is 0 Å². The Balaban J connectivity index is 1.99. The lowest BCUT2D eigenvalue weighted by Gasteiger charge is -2.09. The molecule has 0 aliphatic heterocycles. The number of fused-ring (bicyclic) bond motifs is 1. The van der Waals surface area contributed by atoms with Crippen molar-refractivity contribution in [1.29, 1.82) is 5.26 Å². The fraction of sp³-hybridized carbons (Fsp3) is 0.214. The Morgan fingerprint density at radius 2 is 2.33 bits per heavy atom. The maximum Gasteiger partial charge on any atom is 0.226 e. The van der Waals surface area contributed by atoms with Gasteiger partial charge in [-0.25, -0.2) is 4.98 Å². The Morgan fingerprint density at radius 1 is 1.48 bits per heavy atom. The number of halogens is 1. The highest BCUT2D eigenvalue weighted by Crippen LogP contribution is 2.26. The number of hydrogen-bond acceptors (Lipinski definition) is 5. The van der Waals surface area contributed by atoms with Gasteiger partial charge in [-0.05, 0) is 36.7 Å². The normalized spacial score (nSPS) is 12.2. The first-order chi connectivity index (χ1) is 10.2. The zero-order valence-corrected chi connectivity index (χ0v) is 12.0. The lowest BCUT2D eigenvalue weighted by molar-refractivity contribution is 0.518. The lowest BCUT2D eigenvalue weighted by Crippen LogP contribution is -2.05. The van der Waals surface area contributed by atoms with Crippen LogP contribution in [-0.4, -0.2) is 14.5 Å². The molecule has 0 aliphatic rings. The number of furan rings is 1. The average Bonchev–Trinajstić information content (AvgIpc) is 3.13. The van der Waals surface area contributed by atoms with Crippen molar-refractivity contribution in [1.82, 2.24) is 14.5 Å². The fourth-order valence-electron chi connectivity index (χ4n) is 2.10. The van der Waals surface area contributed by atoms with Crippen LogP contribution in [-0.2, 0) is 6.54 Å². The molecule has 0 radical (unpaired) electrons. The fourth-order valence-corrected chi connectivity index (χ4v) is 2.26. The van der Waals surface area contributed by atoms with Crippen LogP contribution in [0.5, 0.6) is 0 Å². The van der Waals surface area contributed by atoms with E-state index in [9.17, 15) is 0 Å². The van der Waals surface area contributed by atoms with Gasteiger partial charge in [0.15, 0.2) is 0 Å². The molecule has 0 spiro atoms. The summed E-state index contributed by atoms with van der Waals surface area (Å²) < 4.78 is 7.04. The van der Waals surface area contributed by atoms with E-state index in [4.69, 9.17) is 21.3 Å². The van der Waals surface area contributed by atoms with Crippen molar-refractivity contribution in [2.24, 2.45) is 0 Å². The highest BCUT2D eigenvalue weighted by molar-refractivity contribution is 6.28. The van der Waals surface area contributed by atoms with Crippen molar-refractivity contribution < 1.29 is 4.42 Å². The van der Waals surface area contributed by atoms with Gasteiger partial charge in [0.2, 0.25) is 5.28 Å². The Hall–Kier alpha value is -2.52. The molecule has 0 unspecified atom stereocenters. The summed E-state index contributed by atoms with van der Waals surface area (Å²) in [7, 11) is 0. The van der Waals surface area contributed by atoms with E-state index in [1.165, 1.54) is 0 Å². The summed E-state index contributed by atoms with van der Waals surface area (Å²) >= 11 is 5.98. The predicted octanol–water partition coefficient (Wildman–Crippen LogP) is 3.37. The molecular weight excluding hydrogens is 290 g/mol. The third-order valence-electron chi connectivity index (χ3n) is 3.16. The van der Waals surface area contributed by atoms with E-state index in [0.29, 0.717) is 18.0 Å². The van der Waals surface area contributed by atoms with Gasteiger partial charge < -0.3 is 14.3 Å². The van der Waals surface area contributed by atoms with E-state index in [1.54, 1.807) is 17.8 Å². The van der Waals surface area contributed by atoms with Gasteiger partial charge in [-0.2, -0.15) is 10.2 Å². The summed E-state index contributed by atoms with van der Waals surface area (Å²) in [4.78, 5) is 8.42. The van der Waals surface area contributed by atoms with Crippen molar-refractivity contribution >= 4 is 28.5 Å². The summed E-state index contributed by atoms with van der Waals surface area (Å²) in [6, 6.07) is 7.41. The second kappa shape index (κ2) is 5.46. The average molecular weight is 302 g/mol. The van der Waals surface area contributed by atoms with Gasteiger partial charge in [0, 0.05) is 6.20 Å². The molecule has 3 rings (SSSR count). The zero-order valence-electron chi connectivity index (χ0n) is 11.2. The van der Waals surface area contributed by atoms with Gasteiger partial charge in [0.05, 0.1) is 24.3 Å². The number of nitrogens with zero attached hydrogens (tertiary/aromatic N) is 4. The molecule has 3 aromatic rings. The molecule has 1 atom stereocenters. The summed E-state index contributed by atoms with van der Waals surface area (Å²) in [6.07, 6.45) is 3.42. The van der Waals surface area contributed by atoms with E-state index >= 15 is 0 Å². The Kier molecular flexibility index (Phi) is 3.50. The molecule has 7 heteroatoms. The number of nitriles is 1. The molecule has 0 saturated carbocycles. The van der Waals surface area contributed by atoms with Crippen LogP contribution in [0.4, 0.5) is 5.82 Å². The van der Waals surface area contributed by atoms with E-state index in [-0.39, 0.29) is 11.3 Å². The molecule has 1 N–H and O–H groups in total. The minimum Gasteiger partial charge on any atom is -0.467 e. The number of rotatable bonds is 4. The van der Waals surface area contributed by atoms with Crippen LogP contribution >= 0.6 is 11.6 Å². The topological polar surface area (TPSA) is 79.7 Å². The first-order valence-electron chi connectivity index (χ1n) is 6.39. The quantitative estimate of drug-likeness (QED) is 0.747. The molecule has 3 aromatic heterocycles. The third kappa shape index (κ3) is 2.56. The molecule has 6 nitrogen and oxygen atoms in total. The highest BCUT2D eigenvalue weighted by Gasteiger charge is 2.14. The van der Waals surface area contributed by atoms with Crippen LogP contribution in [0.25, 0.3) is 11.0 Å². The molecule has 0 fully saturated rings. The summed E-state index contributed by atoms with van der Waals surface area (Å²) in [5, 5.41) is 13.2. The van der Waals surface area contributed by atoms with E-state index in [1.807, 2.05) is 24.4 Å². The van der Waals surface area contributed by atoms with E-state index in [0.717, 1.165) is 11.1 Å². The van der Waals surface area contributed by atoms with Crippen molar-refractivity contribution in [3.05, 3.63) is 41.7 Å². The van der Waals surface area contributed by atoms with Gasteiger partial charge in [0.25, 0.3) is 0 Å². The van der Waals surface area contributed by atoms with Crippen molar-refractivity contribution in [3.8, 4) is 6.07 Å². The van der Waals surface area contributed by atoms with Gasteiger partial charge in [0.1, 0.15) is 23.3 Å². The molecule has 0 bridgehead atoms. The van der Waals surface area contributed by atoms with Gasteiger partial charge in [-0.15, -0.1) is 0 Å². The first kappa shape index (κ1) is 13.5. The number of hydrogen-bond donors (Lipinski definition) is 1. The number of nitrogens with one attached hydrogen (secondary N) is 1. The van der Waals surface area contributed by atoms with E-state index < -0.39 is 0 Å². The number of anilines is 1. The van der Waals surface area contributed by atoms with Gasteiger partial charge >= 0.3 is 0 Å². The van der Waals surface area contributed by atoms with Crippen LogP contribution in [0.2, 0.25) is 5.28 Å². The van der Waals surface area contributed by atoms with Crippen molar-refractivity contribution in [3.63, 3.8) is 0 Å². The predicted molar refractivity (Wildman–Crippen MR) is 78.9 cm³/mol. The Morgan fingerprint density at radius 3 is 3.05 bits per heavy atom. The Labute approximate surface area is 126 Å². The summed E-state index contributed by atoms with van der Waals surface area (Å²) in [6.45, 7) is 2.29. The SMILES string of the molecule is C[C@@H](C#N)n1ccc2c(NCc3ccco3)nc(Cl)nc21. The first-order valence-corrected chi connectivity index (χ1v) is 6.77. The van der Waals surface area contributed by atoms with Crippen LogP contribution in [0.1, 0.15) is 18.7 Å². The van der Waals surface area contributed by atoms with Crippen LogP contribution in [0.3, 0.4) is 0 Å². The van der Waals surface area contributed by atoms with Crippen molar-refractivity contribution in [2.75, 3.05) is 5.32 Å². The molecule has 0 aromatic carbocycles. The van der Waals surface area contributed by atoms with Crippen molar-refractivity contribution in [2.45, 2.75) is 19.5 Å². The maximum absolute atomic E-state index is 9.06. The van der Waals surface area contributed by atoms with Crippen LogP contribution in [0.15, 0.2) is 35.1 Å². The maximum atomic E-state index is 9.06. The lowest BCUT2D eigenvalue weighted by atomic mass is 10.3. The molecular formula is C14H12ClN5O. The third-order valence-corrected chi connectivity index (χ3v) is 3.33. The Bertz CT molecular complexity index is 803. The molecule has 0 amide bonds. The van der Waals surface area contributed by atoms with Gasteiger partial charge in [-0.3, -0.25) is 0 Å². The molecule has 3 heterocycles. The smallest absolute Gasteiger partial charge is 0.226 e. The second-order valence-corrected chi connectivity index (χ2v) is 4.88. The van der Waals surface area contributed by atoms with Crippen LogP contribution in [0, 0.1) is 11.3 Å². The second-order valence-electron chi connectivity index (χ2n) is 4.54. The zero-order chi connectivity index (χ0) is 14.8. The number of aromatic nitrogens is 3. The molecule has 106 valence electrons. The monoisotopic (exact) mass is 301 g/mol. The minimum atomic E-state index is -0.327. The minimum absolute atomic E-state index is 0.134. The summed E-state index contributed by atoms with van der Waals surface area (Å²) in [5.74, 6) is 1.41. The standard InChI is InChI=1S/C14H12ClN5O/c1-9(7-16)20-5-4-11-12(18-14(15)19-13(11)20)17-8-10-3-2-6-21-10/h2-6,9H,8H2,1H3,(H,17,18,19)/t9-/m0/s1.